The number of anilines is 2. The minimum Gasteiger partial charge on any atom is -0.457 e. The number of nitrogens with one attached hydrogen (secondary N) is 1. The summed E-state index contributed by atoms with van der Waals surface area (Å²) in [7, 11) is 0. The molecule has 4 rings (SSSR count). The van der Waals surface area contributed by atoms with E-state index >= 15 is 0 Å². The Morgan fingerprint density at radius 2 is 1.60 bits per heavy atom. The first-order valence-corrected chi connectivity index (χ1v) is 14.7. The normalized spacial score (nSPS) is 11.4. The quantitative estimate of drug-likeness (QED) is 0.173. The van der Waals surface area contributed by atoms with E-state index in [9.17, 15) is 4.79 Å². The van der Waals surface area contributed by atoms with Crippen molar-refractivity contribution in [1.82, 2.24) is 14.5 Å². The van der Waals surface area contributed by atoms with Crippen molar-refractivity contribution in [1.29, 1.82) is 0 Å². The van der Waals surface area contributed by atoms with Gasteiger partial charge in [0.15, 0.2) is 0 Å². The Hall–Kier alpha value is -3.80. The number of carbonyl (C=O) groups excluding carboxylic acids is 1. The highest BCUT2D eigenvalue weighted by Crippen LogP contribution is 2.28. The van der Waals surface area contributed by atoms with Crippen molar-refractivity contribution in [3.8, 4) is 11.5 Å². The van der Waals surface area contributed by atoms with Crippen molar-refractivity contribution in [2.24, 2.45) is 11.8 Å². The molecule has 0 spiro atoms. The monoisotopic (exact) mass is 540 g/mol. The molecule has 0 atom stereocenters. The highest BCUT2D eigenvalue weighted by molar-refractivity contribution is 5.98. The van der Waals surface area contributed by atoms with E-state index in [1.54, 1.807) is 0 Å². The minimum absolute atomic E-state index is 0.103. The van der Waals surface area contributed by atoms with Crippen LogP contribution in [0.5, 0.6) is 11.5 Å². The number of fused-ring (bicyclic) bond motifs is 1. The second-order valence-electron chi connectivity index (χ2n) is 11.4. The molecule has 0 saturated carbocycles. The van der Waals surface area contributed by atoms with E-state index in [1.807, 2.05) is 77.7 Å². The van der Waals surface area contributed by atoms with E-state index in [0.29, 0.717) is 11.8 Å². The van der Waals surface area contributed by atoms with Gasteiger partial charge >= 0.3 is 0 Å². The number of hydrogen-bond acceptors (Lipinski definition) is 4. The van der Waals surface area contributed by atoms with Crippen LogP contribution < -0.4 is 10.1 Å². The lowest BCUT2D eigenvalue weighted by molar-refractivity contribution is 0.0741. The van der Waals surface area contributed by atoms with Crippen LogP contribution in [0.25, 0.3) is 11.0 Å². The first-order chi connectivity index (χ1) is 19.3. The maximum atomic E-state index is 13.7. The number of hydrogen-bond donors (Lipinski definition) is 1. The fourth-order valence-corrected chi connectivity index (χ4v) is 4.61. The summed E-state index contributed by atoms with van der Waals surface area (Å²) in [6, 6.07) is 23.6. The SMILES string of the molecule is CCCCn1c(Nc2cccc(Oc3ccccc3)c2)nc2ccc(C(=O)N(CCC(C)C)CCC(C)C)cc21. The molecule has 6 nitrogen and oxygen atoms in total. The third-order valence-corrected chi connectivity index (χ3v) is 7.04. The lowest BCUT2D eigenvalue weighted by atomic mass is 10.1. The lowest BCUT2D eigenvalue weighted by Crippen LogP contribution is -2.34. The summed E-state index contributed by atoms with van der Waals surface area (Å²) in [5, 5.41) is 3.51. The predicted octanol–water partition coefficient (Wildman–Crippen LogP) is 8.91. The molecule has 0 aliphatic rings. The van der Waals surface area contributed by atoms with Gasteiger partial charge in [0.25, 0.3) is 5.91 Å². The number of aryl methyl sites for hydroxylation is 1. The zero-order valence-corrected chi connectivity index (χ0v) is 24.7. The van der Waals surface area contributed by atoms with Crippen LogP contribution >= 0.6 is 0 Å². The number of unbranched alkanes of at least 4 members (excludes halogenated alkanes) is 1. The van der Waals surface area contributed by atoms with Crippen LogP contribution in [0.2, 0.25) is 0 Å². The van der Waals surface area contributed by atoms with Crippen LogP contribution in [-0.2, 0) is 6.54 Å². The van der Waals surface area contributed by atoms with Gasteiger partial charge in [-0.05, 0) is 73.6 Å². The zero-order valence-electron chi connectivity index (χ0n) is 24.7. The summed E-state index contributed by atoms with van der Waals surface area (Å²) in [6.07, 6.45) is 4.09. The third kappa shape index (κ3) is 7.87. The smallest absolute Gasteiger partial charge is 0.253 e. The molecule has 3 aromatic carbocycles. The van der Waals surface area contributed by atoms with Gasteiger partial charge in [0.1, 0.15) is 11.5 Å². The van der Waals surface area contributed by atoms with Gasteiger partial charge in [0.2, 0.25) is 5.95 Å². The Kier molecular flexibility index (Phi) is 10.2. The maximum absolute atomic E-state index is 13.7. The molecule has 1 N–H and O–H groups in total. The zero-order chi connectivity index (χ0) is 28.5. The topological polar surface area (TPSA) is 59.4 Å². The Morgan fingerprint density at radius 3 is 2.27 bits per heavy atom. The van der Waals surface area contributed by atoms with Gasteiger partial charge in [-0.15, -0.1) is 0 Å². The molecule has 0 fully saturated rings. The number of nitrogens with zero attached hydrogens (tertiary/aromatic N) is 3. The predicted molar refractivity (Wildman–Crippen MR) is 166 cm³/mol. The number of aromatic nitrogens is 2. The third-order valence-electron chi connectivity index (χ3n) is 7.04. The van der Waals surface area contributed by atoms with Crippen LogP contribution in [0.3, 0.4) is 0 Å². The summed E-state index contributed by atoms with van der Waals surface area (Å²) < 4.78 is 8.24. The fourth-order valence-electron chi connectivity index (χ4n) is 4.61. The molecule has 0 bridgehead atoms. The molecular formula is C34H44N4O2. The standard InChI is InChI=1S/C34H44N4O2/c1-6-7-20-38-32-23-27(33(39)37(21-18-25(2)3)22-19-26(4)5)16-17-31(32)36-34(38)35-28-12-11-15-30(24-28)40-29-13-9-8-10-14-29/h8-17,23-26H,6-7,18-22H2,1-5H3,(H,35,36). The summed E-state index contributed by atoms with van der Waals surface area (Å²) >= 11 is 0. The largest absolute Gasteiger partial charge is 0.457 e. The molecule has 1 aromatic heterocycles. The van der Waals surface area contributed by atoms with Gasteiger partial charge in [-0.3, -0.25) is 4.79 Å². The van der Waals surface area contributed by atoms with Crippen molar-refractivity contribution in [2.45, 2.75) is 66.8 Å². The number of benzene rings is 3. The number of rotatable bonds is 14. The van der Waals surface area contributed by atoms with Gasteiger partial charge in [-0.1, -0.05) is 65.3 Å². The van der Waals surface area contributed by atoms with Gasteiger partial charge in [0.05, 0.1) is 11.0 Å². The van der Waals surface area contributed by atoms with E-state index in [4.69, 9.17) is 9.72 Å². The molecule has 0 unspecified atom stereocenters. The van der Waals surface area contributed by atoms with Crippen molar-refractivity contribution < 1.29 is 9.53 Å². The first kappa shape index (κ1) is 29.2. The maximum Gasteiger partial charge on any atom is 0.253 e. The summed E-state index contributed by atoms with van der Waals surface area (Å²) in [6.45, 7) is 13.4. The molecule has 1 heterocycles. The highest BCUT2D eigenvalue weighted by Gasteiger charge is 2.19. The number of imidazole rings is 1. The van der Waals surface area contributed by atoms with Crippen LogP contribution in [0.4, 0.5) is 11.6 Å². The van der Waals surface area contributed by atoms with Crippen LogP contribution in [0.1, 0.15) is 70.7 Å². The van der Waals surface area contributed by atoms with Crippen molar-refractivity contribution in [2.75, 3.05) is 18.4 Å². The summed E-state index contributed by atoms with van der Waals surface area (Å²) in [5.41, 5.74) is 3.47. The van der Waals surface area contributed by atoms with E-state index in [2.05, 4.69) is 44.5 Å². The van der Waals surface area contributed by atoms with Crippen LogP contribution in [-0.4, -0.2) is 33.4 Å². The fraction of sp³-hybridized carbons (Fsp3) is 0.412. The Morgan fingerprint density at radius 1 is 0.900 bits per heavy atom. The molecule has 40 heavy (non-hydrogen) atoms. The molecule has 0 aliphatic carbocycles. The summed E-state index contributed by atoms with van der Waals surface area (Å²) in [4.78, 5) is 20.6. The van der Waals surface area contributed by atoms with Gasteiger partial charge < -0.3 is 19.5 Å². The van der Waals surface area contributed by atoms with Gasteiger partial charge in [0, 0.05) is 37.0 Å². The molecule has 1 amide bonds. The van der Waals surface area contributed by atoms with Crippen LogP contribution in [0.15, 0.2) is 72.8 Å². The average Bonchev–Trinajstić information content (AvgIpc) is 3.27. The number of amides is 1. The molecular weight excluding hydrogens is 496 g/mol. The Labute approximate surface area is 239 Å². The van der Waals surface area contributed by atoms with E-state index in [1.165, 1.54) is 0 Å². The minimum atomic E-state index is 0.103. The second kappa shape index (κ2) is 14.0. The van der Waals surface area contributed by atoms with E-state index < -0.39 is 0 Å². The summed E-state index contributed by atoms with van der Waals surface area (Å²) in [5.74, 6) is 3.52. The molecule has 0 radical (unpaired) electrons. The molecule has 4 aromatic rings. The van der Waals surface area contributed by atoms with E-state index in [-0.39, 0.29) is 5.91 Å². The highest BCUT2D eigenvalue weighted by atomic mass is 16.5. The van der Waals surface area contributed by atoms with Crippen LogP contribution in [0, 0.1) is 11.8 Å². The molecule has 6 heteroatoms. The van der Waals surface area contributed by atoms with Crippen molar-refractivity contribution in [3.63, 3.8) is 0 Å². The number of ether oxygens (including phenoxy) is 1. The van der Waals surface area contributed by atoms with Gasteiger partial charge in [-0.2, -0.15) is 0 Å². The lowest BCUT2D eigenvalue weighted by Gasteiger charge is -2.24. The molecule has 0 saturated heterocycles. The molecule has 0 aliphatic heterocycles. The number of carbonyl (C=O) groups is 1. The van der Waals surface area contributed by atoms with Crippen molar-refractivity contribution >= 4 is 28.6 Å². The number of para-hydroxylation sites is 1. The Bertz CT molecular complexity index is 1370. The molecule has 212 valence electrons. The van der Waals surface area contributed by atoms with Crippen molar-refractivity contribution in [3.05, 3.63) is 78.4 Å². The van der Waals surface area contributed by atoms with E-state index in [0.717, 1.165) is 85.0 Å². The average molecular weight is 541 g/mol. The second-order valence-corrected chi connectivity index (χ2v) is 11.4. The first-order valence-electron chi connectivity index (χ1n) is 14.7. The Balaban J connectivity index is 1.61. The van der Waals surface area contributed by atoms with Gasteiger partial charge in [-0.25, -0.2) is 4.98 Å².